The van der Waals surface area contributed by atoms with Crippen LogP contribution in [0, 0.1) is 5.41 Å². The first kappa shape index (κ1) is 9.72. The Morgan fingerprint density at radius 3 is 2.87 bits per heavy atom. The van der Waals surface area contributed by atoms with Crippen LogP contribution in [0.1, 0.15) is 12.8 Å². The Kier molecular flexibility index (Phi) is 1.81. The van der Waals surface area contributed by atoms with Gasteiger partial charge in [0.05, 0.1) is 22.8 Å². The molecule has 1 aromatic heterocycles. The molecule has 0 amide bonds. The Morgan fingerprint density at radius 1 is 1.60 bits per heavy atom. The second-order valence-electron chi connectivity index (χ2n) is 4.34. The summed E-state index contributed by atoms with van der Waals surface area (Å²) in [6.07, 6.45) is 5.41. The van der Waals surface area contributed by atoms with Gasteiger partial charge in [0.25, 0.3) is 0 Å². The van der Waals surface area contributed by atoms with Crippen LogP contribution >= 0.6 is 15.9 Å². The second kappa shape index (κ2) is 2.79. The zero-order chi connectivity index (χ0) is 10.7. The lowest BCUT2D eigenvalue weighted by atomic mass is 10.2. The SMILES string of the molecule is FC(F)OCC12CC1(n1cc(Br)cn1)C2. The summed E-state index contributed by atoms with van der Waals surface area (Å²) in [6.45, 7) is -2.52. The van der Waals surface area contributed by atoms with Gasteiger partial charge in [0, 0.05) is 11.6 Å². The Hall–Kier alpha value is -0.490. The van der Waals surface area contributed by atoms with E-state index in [0.29, 0.717) is 0 Å². The number of alkyl halides is 2. The lowest BCUT2D eigenvalue weighted by molar-refractivity contribution is -0.136. The van der Waals surface area contributed by atoms with Gasteiger partial charge in [0.1, 0.15) is 0 Å². The standard InChI is InChI=1S/C9H9BrF2N2O/c10-6-1-13-14(2-6)9-3-8(9,4-9)5-15-7(11)12/h1-2,7H,3-5H2. The fraction of sp³-hybridized carbons (Fsp3) is 0.667. The molecule has 1 aromatic rings. The van der Waals surface area contributed by atoms with Gasteiger partial charge in [-0.3, -0.25) is 4.68 Å². The summed E-state index contributed by atoms with van der Waals surface area (Å²) < 4.78 is 30.9. The van der Waals surface area contributed by atoms with Crippen LogP contribution in [-0.2, 0) is 10.3 Å². The zero-order valence-corrected chi connectivity index (χ0v) is 9.38. The fourth-order valence-electron chi connectivity index (χ4n) is 2.38. The Morgan fingerprint density at radius 2 is 2.33 bits per heavy atom. The molecule has 1 heterocycles. The highest BCUT2D eigenvalue weighted by atomic mass is 79.9. The summed E-state index contributed by atoms with van der Waals surface area (Å²) in [5, 5.41) is 4.19. The predicted molar refractivity (Wildman–Crippen MR) is 51.5 cm³/mol. The van der Waals surface area contributed by atoms with Crippen LogP contribution in [0.15, 0.2) is 16.9 Å². The van der Waals surface area contributed by atoms with Crippen molar-refractivity contribution in [3.05, 3.63) is 16.9 Å². The third kappa shape index (κ3) is 1.27. The van der Waals surface area contributed by atoms with Crippen molar-refractivity contribution in [2.45, 2.75) is 25.0 Å². The molecule has 0 radical (unpaired) electrons. The van der Waals surface area contributed by atoms with E-state index in [4.69, 9.17) is 0 Å². The molecule has 0 aromatic carbocycles. The summed E-state index contributed by atoms with van der Waals surface area (Å²) in [7, 11) is 0. The van der Waals surface area contributed by atoms with E-state index < -0.39 is 6.61 Å². The molecule has 0 spiro atoms. The summed E-state index contributed by atoms with van der Waals surface area (Å²) in [6, 6.07) is 0. The van der Waals surface area contributed by atoms with Crippen molar-refractivity contribution in [2.24, 2.45) is 5.41 Å². The van der Waals surface area contributed by atoms with E-state index in [0.717, 1.165) is 17.3 Å². The maximum Gasteiger partial charge on any atom is 0.345 e. The molecule has 3 rings (SSSR count). The minimum atomic E-state index is -2.66. The summed E-state index contributed by atoms with van der Waals surface area (Å²) in [5.74, 6) is 0. The molecule has 2 aliphatic carbocycles. The third-order valence-electron chi connectivity index (χ3n) is 3.47. The molecule has 6 heteroatoms. The number of halogens is 3. The van der Waals surface area contributed by atoms with Gasteiger partial charge < -0.3 is 4.74 Å². The van der Waals surface area contributed by atoms with Crippen molar-refractivity contribution in [1.29, 1.82) is 0 Å². The van der Waals surface area contributed by atoms with Crippen LogP contribution in [0.25, 0.3) is 0 Å². The number of rotatable bonds is 4. The van der Waals surface area contributed by atoms with E-state index in [2.05, 4.69) is 25.8 Å². The molecule has 0 unspecified atom stereocenters. The van der Waals surface area contributed by atoms with E-state index >= 15 is 0 Å². The molecule has 0 bridgehead atoms. The third-order valence-corrected chi connectivity index (χ3v) is 3.88. The smallest absolute Gasteiger partial charge is 0.322 e. The summed E-state index contributed by atoms with van der Waals surface area (Å²) in [4.78, 5) is 0. The molecule has 2 aliphatic rings. The molecule has 0 atom stereocenters. The van der Waals surface area contributed by atoms with E-state index in [1.54, 1.807) is 6.20 Å². The van der Waals surface area contributed by atoms with E-state index in [1.807, 2.05) is 10.9 Å². The van der Waals surface area contributed by atoms with Gasteiger partial charge in [-0.05, 0) is 28.8 Å². The van der Waals surface area contributed by atoms with E-state index in [-0.39, 0.29) is 17.6 Å². The van der Waals surface area contributed by atoms with Gasteiger partial charge in [-0.25, -0.2) is 0 Å². The Bertz CT molecular complexity index is 401. The maximum absolute atomic E-state index is 11.9. The van der Waals surface area contributed by atoms with E-state index in [9.17, 15) is 8.78 Å². The largest absolute Gasteiger partial charge is 0.345 e. The first-order valence-corrected chi connectivity index (χ1v) is 5.48. The van der Waals surface area contributed by atoms with Crippen molar-refractivity contribution in [2.75, 3.05) is 6.61 Å². The minimum Gasteiger partial charge on any atom is -0.322 e. The molecular formula is C9H9BrF2N2O. The van der Waals surface area contributed by atoms with Crippen LogP contribution in [0.3, 0.4) is 0 Å². The Labute approximate surface area is 93.5 Å². The van der Waals surface area contributed by atoms with Gasteiger partial charge in [-0.1, -0.05) is 0 Å². The van der Waals surface area contributed by atoms with Crippen LogP contribution < -0.4 is 0 Å². The average Bonchev–Trinajstić information content (AvgIpc) is 2.88. The molecular weight excluding hydrogens is 270 g/mol. The number of fused-ring (bicyclic) bond motifs is 1. The summed E-state index contributed by atoms with van der Waals surface area (Å²) >= 11 is 3.32. The first-order chi connectivity index (χ1) is 7.08. The highest BCUT2D eigenvalue weighted by Crippen LogP contribution is 2.83. The van der Waals surface area contributed by atoms with Crippen molar-refractivity contribution in [3.63, 3.8) is 0 Å². The number of ether oxygens (including phenoxy) is 1. The van der Waals surface area contributed by atoms with E-state index in [1.165, 1.54) is 0 Å². The molecule has 0 N–H and O–H groups in total. The van der Waals surface area contributed by atoms with Crippen molar-refractivity contribution in [3.8, 4) is 0 Å². The molecule has 15 heavy (non-hydrogen) atoms. The highest BCUT2D eigenvalue weighted by Gasteiger charge is 2.85. The van der Waals surface area contributed by atoms with Crippen LogP contribution in [0.2, 0.25) is 0 Å². The first-order valence-electron chi connectivity index (χ1n) is 4.68. The number of aromatic nitrogens is 2. The monoisotopic (exact) mass is 278 g/mol. The highest BCUT2D eigenvalue weighted by molar-refractivity contribution is 9.10. The predicted octanol–water partition coefficient (Wildman–Crippen LogP) is 2.37. The second-order valence-corrected chi connectivity index (χ2v) is 5.26. The van der Waals surface area contributed by atoms with Crippen molar-refractivity contribution in [1.82, 2.24) is 9.78 Å². The lowest BCUT2D eigenvalue weighted by Gasteiger charge is -2.01. The van der Waals surface area contributed by atoms with Gasteiger partial charge >= 0.3 is 6.61 Å². The fourth-order valence-corrected chi connectivity index (χ4v) is 2.66. The molecule has 0 aliphatic heterocycles. The normalized spacial score (nSPS) is 36.8. The molecule has 82 valence electrons. The molecule has 2 saturated carbocycles. The summed E-state index contributed by atoms with van der Waals surface area (Å²) in [5.41, 5.74) is -0.0806. The lowest BCUT2D eigenvalue weighted by Crippen LogP contribution is -2.08. The minimum absolute atomic E-state index is 0.0199. The number of hydrogen-bond donors (Lipinski definition) is 0. The number of nitrogens with zero attached hydrogens (tertiary/aromatic N) is 2. The molecule has 2 fully saturated rings. The topological polar surface area (TPSA) is 27.1 Å². The number of hydrogen-bond acceptors (Lipinski definition) is 2. The van der Waals surface area contributed by atoms with Crippen LogP contribution in [-0.4, -0.2) is 23.0 Å². The zero-order valence-electron chi connectivity index (χ0n) is 7.79. The molecule has 0 saturated heterocycles. The van der Waals surface area contributed by atoms with Crippen molar-refractivity contribution >= 4 is 15.9 Å². The van der Waals surface area contributed by atoms with Crippen molar-refractivity contribution < 1.29 is 13.5 Å². The average molecular weight is 279 g/mol. The van der Waals surface area contributed by atoms with Crippen LogP contribution in [0.4, 0.5) is 8.78 Å². The van der Waals surface area contributed by atoms with Crippen LogP contribution in [0.5, 0.6) is 0 Å². The van der Waals surface area contributed by atoms with Gasteiger partial charge in [0.15, 0.2) is 0 Å². The van der Waals surface area contributed by atoms with Gasteiger partial charge in [0.2, 0.25) is 0 Å². The Balaban J connectivity index is 1.68. The molecule has 3 nitrogen and oxygen atoms in total. The maximum atomic E-state index is 11.9. The quantitative estimate of drug-likeness (QED) is 0.846. The van der Waals surface area contributed by atoms with Gasteiger partial charge in [-0.2, -0.15) is 13.9 Å². The van der Waals surface area contributed by atoms with Gasteiger partial charge in [-0.15, -0.1) is 0 Å².